The first-order chi connectivity index (χ1) is 14.1. The van der Waals surface area contributed by atoms with E-state index in [-0.39, 0.29) is 12.5 Å². The van der Waals surface area contributed by atoms with E-state index < -0.39 is 0 Å². The van der Waals surface area contributed by atoms with Gasteiger partial charge in [0.1, 0.15) is 6.54 Å². The number of nitrogens with one attached hydrogen (secondary N) is 3. The van der Waals surface area contributed by atoms with Gasteiger partial charge in [-0.3, -0.25) is 9.69 Å². The topological polar surface area (TPSA) is 75.8 Å². The van der Waals surface area contributed by atoms with Gasteiger partial charge in [-0.25, -0.2) is 4.99 Å². The maximum atomic E-state index is 12.0. The summed E-state index contributed by atoms with van der Waals surface area (Å²) in [5.41, 5.74) is 2.35. The average Bonchev–Trinajstić information content (AvgIpc) is 3.34. The van der Waals surface area contributed by atoms with Crippen LogP contribution >= 0.6 is 0 Å². The standard InChI is InChI=1S/C22H34N6O/c1-4-28-13-7-9-19(28)15-24-22(25-16-21(29)27(2)3)23-12-11-18-14-17-8-5-6-10-20(17)26-18/h5-6,8,10,14,19,26H,4,7,9,11-13,15-16H2,1-3H3,(H2,23,24,25). The number of likely N-dealkylation sites (tertiary alicyclic amines) is 1. The maximum Gasteiger partial charge on any atom is 0.243 e. The summed E-state index contributed by atoms with van der Waals surface area (Å²) in [7, 11) is 3.51. The van der Waals surface area contributed by atoms with Crippen LogP contribution in [0.3, 0.4) is 0 Å². The number of carbonyl (C=O) groups excluding carboxylic acids is 1. The number of amides is 1. The molecule has 1 aliphatic heterocycles. The van der Waals surface area contributed by atoms with Crippen LogP contribution in [-0.4, -0.2) is 79.5 Å². The molecule has 1 aromatic carbocycles. The SMILES string of the molecule is CCN1CCCC1CNC(=NCC(=O)N(C)C)NCCc1cc2ccccc2[nH]1. The second kappa shape index (κ2) is 10.3. The van der Waals surface area contributed by atoms with Gasteiger partial charge in [-0.2, -0.15) is 0 Å². The fourth-order valence-electron chi connectivity index (χ4n) is 3.80. The van der Waals surface area contributed by atoms with E-state index >= 15 is 0 Å². The Labute approximate surface area is 173 Å². The number of aliphatic imine (C=N–C) groups is 1. The van der Waals surface area contributed by atoms with Crippen molar-refractivity contribution >= 4 is 22.8 Å². The van der Waals surface area contributed by atoms with Crippen molar-refractivity contribution in [2.45, 2.75) is 32.2 Å². The van der Waals surface area contributed by atoms with Crippen LogP contribution in [0.2, 0.25) is 0 Å². The molecule has 1 amide bonds. The van der Waals surface area contributed by atoms with Crippen molar-refractivity contribution in [3.05, 3.63) is 36.0 Å². The van der Waals surface area contributed by atoms with Crippen molar-refractivity contribution in [2.75, 3.05) is 46.8 Å². The van der Waals surface area contributed by atoms with Gasteiger partial charge in [0.05, 0.1) is 0 Å². The van der Waals surface area contributed by atoms with Crippen LogP contribution in [0.25, 0.3) is 10.9 Å². The molecule has 0 aliphatic carbocycles. The van der Waals surface area contributed by atoms with Crippen molar-refractivity contribution in [1.82, 2.24) is 25.4 Å². The number of hydrogen-bond donors (Lipinski definition) is 3. The van der Waals surface area contributed by atoms with E-state index in [0.29, 0.717) is 12.0 Å². The average molecular weight is 399 g/mol. The minimum atomic E-state index is -0.00207. The van der Waals surface area contributed by atoms with Crippen LogP contribution in [0.1, 0.15) is 25.5 Å². The minimum Gasteiger partial charge on any atom is -0.358 e. The Morgan fingerprint density at radius 1 is 1.31 bits per heavy atom. The summed E-state index contributed by atoms with van der Waals surface area (Å²) in [6.45, 7) is 6.20. The summed E-state index contributed by atoms with van der Waals surface area (Å²) in [5.74, 6) is 0.706. The van der Waals surface area contributed by atoms with E-state index in [4.69, 9.17) is 0 Å². The Morgan fingerprint density at radius 3 is 2.90 bits per heavy atom. The molecule has 0 saturated carbocycles. The van der Waals surface area contributed by atoms with Crippen molar-refractivity contribution in [3.63, 3.8) is 0 Å². The molecule has 158 valence electrons. The van der Waals surface area contributed by atoms with Crippen LogP contribution < -0.4 is 10.6 Å². The first-order valence-corrected chi connectivity index (χ1v) is 10.6. The van der Waals surface area contributed by atoms with E-state index in [9.17, 15) is 4.79 Å². The molecule has 1 fully saturated rings. The van der Waals surface area contributed by atoms with E-state index in [1.165, 1.54) is 30.5 Å². The second-order valence-corrected chi connectivity index (χ2v) is 7.82. The molecule has 1 unspecified atom stereocenters. The van der Waals surface area contributed by atoms with Gasteiger partial charge in [-0.05, 0) is 43.5 Å². The lowest BCUT2D eigenvalue weighted by atomic mass is 10.2. The smallest absolute Gasteiger partial charge is 0.243 e. The molecular weight excluding hydrogens is 364 g/mol. The molecule has 29 heavy (non-hydrogen) atoms. The highest BCUT2D eigenvalue weighted by molar-refractivity contribution is 5.85. The normalized spacial score (nSPS) is 17.6. The van der Waals surface area contributed by atoms with Gasteiger partial charge >= 0.3 is 0 Å². The molecule has 0 radical (unpaired) electrons. The van der Waals surface area contributed by atoms with E-state index in [1.54, 1.807) is 19.0 Å². The second-order valence-electron chi connectivity index (χ2n) is 7.82. The molecule has 2 aromatic rings. The summed E-state index contributed by atoms with van der Waals surface area (Å²) in [4.78, 5) is 24.0. The van der Waals surface area contributed by atoms with Gasteiger partial charge in [0.15, 0.2) is 5.96 Å². The number of hydrogen-bond acceptors (Lipinski definition) is 3. The highest BCUT2D eigenvalue weighted by atomic mass is 16.2. The zero-order chi connectivity index (χ0) is 20.6. The van der Waals surface area contributed by atoms with E-state index in [2.05, 4.69) is 56.7 Å². The van der Waals surface area contributed by atoms with Crippen LogP contribution in [0.5, 0.6) is 0 Å². The Hall–Kier alpha value is -2.54. The monoisotopic (exact) mass is 398 g/mol. The van der Waals surface area contributed by atoms with Crippen molar-refractivity contribution in [2.24, 2.45) is 4.99 Å². The number of carbonyl (C=O) groups is 1. The number of fused-ring (bicyclic) bond motifs is 1. The highest BCUT2D eigenvalue weighted by Crippen LogP contribution is 2.16. The summed E-state index contributed by atoms with van der Waals surface area (Å²) in [6, 6.07) is 11.0. The Kier molecular flexibility index (Phi) is 7.52. The fourth-order valence-corrected chi connectivity index (χ4v) is 3.80. The van der Waals surface area contributed by atoms with Crippen LogP contribution in [0.4, 0.5) is 0 Å². The third-order valence-corrected chi connectivity index (χ3v) is 5.55. The molecule has 2 heterocycles. The Balaban J connectivity index is 1.56. The van der Waals surface area contributed by atoms with Gasteiger partial charge in [-0.15, -0.1) is 0 Å². The zero-order valence-corrected chi connectivity index (χ0v) is 17.9. The summed E-state index contributed by atoms with van der Waals surface area (Å²) < 4.78 is 0. The highest BCUT2D eigenvalue weighted by Gasteiger charge is 2.22. The molecule has 3 N–H and O–H groups in total. The Morgan fingerprint density at radius 2 is 2.14 bits per heavy atom. The first kappa shape index (κ1) is 21.2. The number of H-pyrrole nitrogens is 1. The molecule has 1 aromatic heterocycles. The first-order valence-electron chi connectivity index (χ1n) is 10.6. The number of aromatic amines is 1. The molecule has 0 spiro atoms. The van der Waals surface area contributed by atoms with E-state index in [0.717, 1.165) is 31.6 Å². The van der Waals surface area contributed by atoms with Crippen molar-refractivity contribution < 1.29 is 4.79 Å². The zero-order valence-electron chi connectivity index (χ0n) is 17.9. The van der Waals surface area contributed by atoms with Crippen LogP contribution in [0.15, 0.2) is 35.3 Å². The molecule has 7 heteroatoms. The van der Waals surface area contributed by atoms with E-state index in [1.807, 2.05) is 6.07 Å². The summed E-state index contributed by atoms with van der Waals surface area (Å²) >= 11 is 0. The third-order valence-electron chi connectivity index (χ3n) is 5.55. The van der Waals surface area contributed by atoms with Crippen molar-refractivity contribution in [1.29, 1.82) is 0 Å². The molecule has 7 nitrogen and oxygen atoms in total. The maximum absolute atomic E-state index is 12.0. The number of benzene rings is 1. The van der Waals surface area contributed by atoms with Gasteiger partial charge in [-0.1, -0.05) is 25.1 Å². The van der Waals surface area contributed by atoms with Crippen molar-refractivity contribution in [3.8, 4) is 0 Å². The minimum absolute atomic E-state index is 0.00207. The number of guanidine groups is 1. The number of para-hydroxylation sites is 1. The molecule has 3 rings (SSSR count). The molecule has 1 aliphatic rings. The van der Waals surface area contributed by atoms with Gasteiger partial charge in [0.25, 0.3) is 0 Å². The summed E-state index contributed by atoms with van der Waals surface area (Å²) in [5, 5.41) is 8.07. The summed E-state index contributed by atoms with van der Waals surface area (Å²) in [6.07, 6.45) is 3.32. The van der Waals surface area contributed by atoms with Gasteiger partial charge < -0.3 is 20.5 Å². The van der Waals surface area contributed by atoms with Gasteiger partial charge in [0, 0.05) is 50.9 Å². The number of aromatic nitrogens is 1. The third kappa shape index (κ3) is 5.97. The lowest BCUT2D eigenvalue weighted by Gasteiger charge is -2.24. The lowest BCUT2D eigenvalue weighted by Crippen LogP contribution is -2.45. The fraction of sp³-hybridized carbons (Fsp3) is 0.545. The lowest BCUT2D eigenvalue weighted by molar-refractivity contribution is -0.127. The molecular formula is C22H34N6O. The molecule has 1 saturated heterocycles. The number of likely N-dealkylation sites (N-methyl/N-ethyl adjacent to an activating group) is 2. The predicted octanol–water partition coefficient (Wildman–Crippen LogP) is 1.82. The van der Waals surface area contributed by atoms with Gasteiger partial charge in [0.2, 0.25) is 5.91 Å². The predicted molar refractivity (Wildman–Crippen MR) is 119 cm³/mol. The Bertz CT molecular complexity index is 795. The van der Waals surface area contributed by atoms with Crippen LogP contribution in [0, 0.1) is 0 Å². The van der Waals surface area contributed by atoms with Crippen LogP contribution in [-0.2, 0) is 11.2 Å². The molecule has 1 atom stereocenters. The number of nitrogens with zero attached hydrogens (tertiary/aromatic N) is 3. The largest absolute Gasteiger partial charge is 0.358 e. The quantitative estimate of drug-likeness (QED) is 0.468. The molecule has 0 bridgehead atoms. The number of rotatable bonds is 8.